The number of unbranched alkanes of at least 4 members (excludes halogenated alkanes) is 1. The first-order chi connectivity index (χ1) is 9.65. The molecule has 2 amide bonds. The number of amides is 2. The van der Waals surface area contributed by atoms with Crippen molar-refractivity contribution in [3.05, 3.63) is 35.6 Å². The van der Waals surface area contributed by atoms with Crippen LogP contribution in [0.3, 0.4) is 0 Å². The van der Waals surface area contributed by atoms with Crippen molar-refractivity contribution < 1.29 is 14.3 Å². The lowest BCUT2D eigenvalue weighted by Gasteiger charge is -2.13. The predicted octanol–water partition coefficient (Wildman–Crippen LogP) is 2.30. The number of halogens is 1. The van der Waals surface area contributed by atoms with Crippen molar-refractivity contribution in [2.75, 3.05) is 25.1 Å². The second-order valence-corrected chi connectivity index (χ2v) is 5.36. The molecule has 0 spiro atoms. The van der Waals surface area contributed by atoms with E-state index < -0.39 is 11.9 Å². The van der Waals surface area contributed by atoms with E-state index in [2.05, 4.69) is 10.6 Å². The van der Waals surface area contributed by atoms with Gasteiger partial charge in [0, 0.05) is 18.7 Å². The molecule has 0 radical (unpaired) electrons. The molecule has 1 aromatic carbocycles. The Labute approximate surface area is 123 Å². The summed E-state index contributed by atoms with van der Waals surface area (Å²) in [4.78, 5) is 11.5. The SMILES string of the molecule is CSCCCCNC(=O)NCC(O)c1ccccc1F. The van der Waals surface area contributed by atoms with Crippen LogP contribution >= 0.6 is 11.8 Å². The van der Waals surface area contributed by atoms with Gasteiger partial charge in [-0.05, 0) is 30.9 Å². The zero-order valence-corrected chi connectivity index (χ0v) is 12.4. The first-order valence-corrected chi connectivity index (χ1v) is 7.97. The van der Waals surface area contributed by atoms with Crippen molar-refractivity contribution in [3.63, 3.8) is 0 Å². The minimum absolute atomic E-state index is 0.0163. The number of nitrogens with one attached hydrogen (secondary N) is 2. The van der Waals surface area contributed by atoms with Crippen molar-refractivity contribution >= 4 is 17.8 Å². The molecule has 20 heavy (non-hydrogen) atoms. The van der Waals surface area contributed by atoms with E-state index >= 15 is 0 Å². The van der Waals surface area contributed by atoms with Gasteiger partial charge < -0.3 is 15.7 Å². The summed E-state index contributed by atoms with van der Waals surface area (Å²) < 4.78 is 13.4. The Hall–Kier alpha value is -1.27. The van der Waals surface area contributed by atoms with Crippen LogP contribution in [0.25, 0.3) is 0 Å². The number of urea groups is 1. The van der Waals surface area contributed by atoms with E-state index in [1.54, 1.807) is 23.9 Å². The maximum absolute atomic E-state index is 13.4. The van der Waals surface area contributed by atoms with Gasteiger partial charge in [-0.15, -0.1) is 0 Å². The molecule has 1 rings (SSSR count). The smallest absolute Gasteiger partial charge is 0.314 e. The molecule has 0 saturated heterocycles. The van der Waals surface area contributed by atoms with E-state index in [-0.39, 0.29) is 18.1 Å². The van der Waals surface area contributed by atoms with Crippen molar-refractivity contribution in [3.8, 4) is 0 Å². The number of hydrogen-bond donors (Lipinski definition) is 3. The van der Waals surface area contributed by atoms with Crippen LogP contribution in [0.5, 0.6) is 0 Å². The maximum atomic E-state index is 13.4. The Morgan fingerprint density at radius 1 is 1.35 bits per heavy atom. The Kier molecular flexibility index (Phi) is 8.06. The third kappa shape index (κ3) is 6.25. The summed E-state index contributed by atoms with van der Waals surface area (Å²) in [5.41, 5.74) is 0.188. The Morgan fingerprint density at radius 3 is 2.80 bits per heavy atom. The molecular formula is C14H21FN2O2S. The molecule has 1 unspecified atom stereocenters. The van der Waals surface area contributed by atoms with Crippen LogP contribution in [0.15, 0.2) is 24.3 Å². The third-order valence-electron chi connectivity index (χ3n) is 2.78. The van der Waals surface area contributed by atoms with Gasteiger partial charge in [0.1, 0.15) is 5.82 Å². The van der Waals surface area contributed by atoms with Crippen LogP contribution in [0.1, 0.15) is 24.5 Å². The van der Waals surface area contributed by atoms with Crippen molar-refractivity contribution in [1.29, 1.82) is 0 Å². The molecule has 1 aromatic rings. The average molecular weight is 300 g/mol. The van der Waals surface area contributed by atoms with E-state index in [0.717, 1.165) is 18.6 Å². The number of thioether (sulfide) groups is 1. The summed E-state index contributed by atoms with van der Waals surface area (Å²) in [5.74, 6) is 0.606. The molecule has 3 N–H and O–H groups in total. The zero-order valence-electron chi connectivity index (χ0n) is 11.6. The number of aliphatic hydroxyl groups is 1. The fraction of sp³-hybridized carbons (Fsp3) is 0.500. The predicted molar refractivity (Wildman–Crippen MR) is 80.4 cm³/mol. The second kappa shape index (κ2) is 9.61. The van der Waals surface area contributed by atoms with Crippen LogP contribution in [0.4, 0.5) is 9.18 Å². The van der Waals surface area contributed by atoms with Crippen molar-refractivity contribution in [1.82, 2.24) is 10.6 Å². The molecule has 0 saturated carbocycles. The van der Waals surface area contributed by atoms with E-state index in [0.29, 0.717) is 6.54 Å². The highest BCUT2D eigenvalue weighted by atomic mass is 32.2. The van der Waals surface area contributed by atoms with Gasteiger partial charge in [0.2, 0.25) is 0 Å². The molecule has 6 heteroatoms. The molecule has 0 heterocycles. The summed E-state index contributed by atoms with van der Waals surface area (Å²) in [7, 11) is 0. The van der Waals surface area contributed by atoms with Gasteiger partial charge in [0.05, 0.1) is 6.10 Å². The molecule has 0 bridgehead atoms. The standard InChI is InChI=1S/C14H21FN2O2S/c1-20-9-5-4-8-16-14(19)17-10-13(18)11-6-2-3-7-12(11)15/h2-3,6-7,13,18H,4-5,8-10H2,1H3,(H2,16,17,19). The zero-order chi connectivity index (χ0) is 14.8. The van der Waals surface area contributed by atoms with Gasteiger partial charge in [-0.25, -0.2) is 9.18 Å². The molecule has 0 aromatic heterocycles. The minimum atomic E-state index is -1.04. The van der Waals surface area contributed by atoms with Crippen molar-refractivity contribution in [2.45, 2.75) is 18.9 Å². The molecule has 4 nitrogen and oxygen atoms in total. The maximum Gasteiger partial charge on any atom is 0.314 e. The summed E-state index contributed by atoms with van der Waals surface area (Å²) in [6, 6.07) is 5.64. The summed E-state index contributed by atoms with van der Waals surface area (Å²) in [6.07, 6.45) is 2.98. The molecule has 0 aliphatic rings. The number of aliphatic hydroxyl groups excluding tert-OH is 1. The lowest BCUT2D eigenvalue weighted by Crippen LogP contribution is -2.38. The van der Waals surface area contributed by atoms with Crippen LogP contribution in [-0.4, -0.2) is 36.2 Å². The minimum Gasteiger partial charge on any atom is -0.386 e. The monoisotopic (exact) mass is 300 g/mol. The normalized spacial score (nSPS) is 11.9. The fourth-order valence-electron chi connectivity index (χ4n) is 1.68. The van der Waals surface area contributed by atoms with Gasteiger partial charge >= 0.3 is 6.03 Å². The van der Waals surface area contributed by atoms with Gasteiger partial charge in [-0.3, -0.25) is 0 Å². The van der Waals surface area contributed by atoms with E-state index in [1.807, 2.05) is 6.26 Å². The second-order valence-electron chi connectivity index (χ2n) is 4.37. The Bertz CT molecular complexity index is 418. The van der Waals surface area contributed by atoms with E-state index in [9.17, 15) is 14.3 Å². The van der Waals surface area contributed by atoms with Crippen LogP contribution in [0.2, 0.25) is 0 Å². The summed E-state index contributed by atoms with van der Waals surface area (Å²) >= 11 is 1.78. The highest BCUT2D eigenvalue weighted by molar-refractivity contribution is 7.98. The lowest BCUT2D eigenvalue weighted by atomic mass is 10.1. The lowest BCUT2D eigenvalue weighted by molar-refractivity contribution is 0.169. The molecular weight excluding hydrogens is 279 g/mol. The number of hydrogen-bond acceptors (Lipinski definition) is 3. The van der Waals surface area contributed by atoms with Gasteiger partial charge in [-0.1, -0.05) is 18.2 Å². The number of benzene rings is 1. The van der Waals surface area contributed by atoms with Gasteiger partial charge in [0.25, 0.3) is 0 Å². The fourth-order valence-corrected chi connectivity index (χ4v) is 2.17. The average Bonchev–Trinajstić information content (AvgIpc) is 2.45. The van der Waals surface area contributed by atoms with E-state index in [1.165, 1.54) is 12.1 Å². The van der Waals surface area contributed by atoms with Gasteiger partial charge in [0.15, 0.2) is 0 Å². The molecule has 112 valence electrons. The largest absolute Gasteiger partial charge is 0.386 e. The van der Waals surface area contributed by atoms with Gasteiger partial charge in [-0.2, -0.15) is 11.8 Å². The Balaban J connectivity index is 2.22. The highest BCUT2D eigenvalue weighted by Gasteiger charge is 2.12. The molecule has 1 atom stereocenters. The highest BCUT2D eigenvalue weighted by Crippen LogP contribution is 2.15. The van der Waals surface area contributed by atoms with E-state index in [4.69, 9.17) is 0 Å². The molecule has 0 aliphatic carbocycles. The van der Waals surface area contributed by atoms with Crippen LogP contribution < -0.4 is 10.6 Å². The third-order valence-corrected chi connectivity index (χ3v) is 3.48. The molecule has 0 aliphatic heterocycles. The topological polar surface area (TPSA) is 61.4 Å². The summed E-state index contributed by atoms with van der Waals surface area (Å²) in [6.45, 7) is 0.583. The molecule has 0 fully saturated rings. The van der Waals surface area contributed by atoms with Crippen molar-refractivity contribution in [2.24, 2.45) is 0 Å². The first kappa shape index (κ1) is 16.8. The van der Waals surface area contributed by atoms with Crippen LogP contribution in [-0.2, 0) is 0 Å². The Morgan fingerprint density at radius 2 is 2.10 bits per heavy atom. The number of carbonyl (C=O) groups is 1. The number of rotatable bonds is 8. The quantitative estimate of drug-likeness (QED) is 0.646. The summed E-state index contributed by atoms with van der Waals surface area (Å²) in [5, 5.41) is 15.0. The number of carbonyl (C=O) groups excluding carboxylic acids is 1. The first-order valence-electron chi connectivity index (χ1n) is 6.58. The van der Waals surface area contributed by atoms with Crippen LogP contribution in [0, 0.1) is 5.82 Å².